The smallest absolute Gasteiger partial charge is 0.317 e. The zero-order chi connectivity index (χ0) is 14.2. The first-order chi connectivity index (χ1) is 10.3. The first-order valence-electron chi connectivity index (χ1n) is 7.62. The molecule has 4 rings (SSSR count). The van der Waals surface area contributed by atoms with E-state index < -0.39 is 0 Å². The van der Waals surface area contributed by atoms with Crippen molar-refractivity contribution < 1.29 is 4.79 Å². The van der Waals surface area contributed by atoms with Crippen LogP contribution in [-0.4, -0.2) is 35.0 Å². The average Bonchev–Trinajstić information content (AvgIpc) is 3.23. The van der Waals surface area contributed by atoms with E-state index in [-0.39, 0.29) is 6.03 Å². The predicted molar refractivity (Wildman–Crippen MR) is 84.0 cm³/mol. The van der Waals surface area contributed by atoms with Gasteiger partial charge < -0.3 is 15.2 Å². The minimum atomic E-state index is 0.0896. The summed E-state index contributed by atoms with van der Waals surface area (Å²) in [7, 11) is 0. The quantitative estimate of drug-likeness (QED) is 0.873. The van der Waals surface area contributed by atoms with E-state index >= 15 is 0 Å². The van der Waals surface area contributed by atoms with Crippen LogP contribution in [0.25, 0.3) is 16.5 Å². The number of urea groups is 1. The molecule has 1 aromatic heterocycles. The number of carbonyl (C=O) groups excluding carboxylic acids is 1. The molecule has 4 nitrogen and oxygen atoms in total. The maximum atomic E-state index is 12.0. The number of carbonyl (C=O) groups is 1. The van der Waals surface area contributed by atoms with Gasteiger partial charge in [-0.2, -0.15) is 0 Å². The predicted octanol–water partition coefficient (Wildman–Crippen LogP) is 3.13. The molecule has 0 spiro atoms. The summed E-state index contributed by atoms with van der Waals surface area (Å²) in [6.45, 7) is 1.50. The highest BCUT2D eigenvalue weighted by Crippen LogP contribution is 2.29. The fourth-order valence-electron chi connectivity index (χ4n) is 2.93. The first kappa shape index (κ1) is 12.5. The van der Waals surface area contributed by atoms with Crippen LogP contribution in [0.2, 0.25) is 0 Å². The first-order valence-corrected chi connectivity index (χ1v) is 7.62. The molecule has 0 atom stereocenters. The number of H-pyrrole nitrogens is 1. The standard InChI is InChI=1S/C17H19N3O/c21-17(19-13-5-6-13)20-9-7-12(8-10-20)15-11-18-16-4-2-1-3-14(15)16/h1-4,7,11,13,18H,5-6,8-10H2,(H,19,21). The number of aromatic nitrogens is 1. The van der Waals surface area contributed by atoms with Crippen LogP contribution in [0.4, 0.5) is 4.79 Å². The number of nitrogens with one attached hydrogen (secondary N) is 2. The van der Waals surface area contributed by atoms with E-state index in [2.05, 4.69) is 40.8 Å². The molecule has 0 bridgehead atoms. The van der Waals surface area contributed by atoms with Crippen molar-refractivity contribution in [1.29, 1.82) is 0 Å². The number of para-hydroxylation sites is 1. The van der Waals surface area contributed by atoms with Gasteiger partial charge in [0.25, 0.3) is 0 Å². The average molecular weight is 281 g/mol. The van der Waals surface area contributed by atoms with Crippen LogP contribution < -0.4 is 5.32 Å². The highest BCUT2D eigenvalue weighted by atomic mass is 16.2. The summed E-state index contributed by atoms with van der Waals surface area (Å²) in [5.41, 5.74) is 3.78. The molecule has 0 saturated heterocycles. The molecule has 1 aliphatic heterocycles. The van der Waals surface area contributed by atoms with Crippen molar-refractivity contribution in [3.8, 4) is 0 Å². The Morgan fingerprint density at radius 3 is 2.90 bits per heavy atom. The van der Waals surface area contributed by atoms with Crippen molar-refractivity contribution in [3.63, 3.8) is 0 Å². The van der Waals surface area contributed by atoms with Gasteiger partial charge in [-0.15, -0.1) is 0 Å². The van der Waals surface area contributed by atoms with Crippen LogP contribution in [0, 0.1) is 0 Å². The maximum Gasteiger partial charge on any atom is 0.317 e. The monoisotopic (exact) mass is 281 g/mol. The second kappa shape index (κ2) is 4.95. The molecule has 4 heteroatoms. The number of aromatic amines is 1. The van der Waals surface area contributed by atoms with Gasteiger partial charge in [0.05, 0.1) is 0 Å². The third kappa shape index (κ3) is 2.42. The third-order valence-electron chi connectivity index (χ3n) is 4.34. The zero-order valence-electron chi connectivity index (χ0n) is 11.9. The van der Waals surface area contributed by atoms with Crippen LogP contribution in [0.5, 0.6) is 0 Å². The molecule has 2 amide bonds. The number of benzene rings is 1. The number of fused-ring (bicyclic) bond motifs is 1. The van der Waals surface area contributed by atoms with Gasteiger partial charge in [-0.25, -0.2) is 4.79 Å². The molecule has 0 unspecified atom stereocenters. The third-order valence-corrected chi connectivity index (χ3v) is 4.34. The highest BCUT2D eigenvalue weighted by molar-refractivity contribution is 5.93. The molecule has 1 saturated carbocycles. The molecule has 2 heterocycles. The Hall–Kier alpha value is -2.23. The summed E-state index contributed by atoms with van der Waals surface area (Å²) in [6.07, 6.45) is 7.45. The van der Waals surface area contributed by atoms with Crippen LogP contribution in [0.1, 0.15) is 24.8 Å². The van der Waals surface area contributed by atoms with Gasteiger partial charge in [0, 0.05) is 41.8 Å². The molecule has 2 N–H and O–H groups in total. The molecule has 1 aromatic carbocycles. The number of amides is 2. The molecular weight excluding hydrogens is 262 g/mol. The molecular formula is C17H19N3O. The molecule has 2 aliphatic rings. The number of nitrogens with zero attached hydrogens (tertiary/aromatic N) is 1. The zero-order valence-corrected chi connectivity index (χ0v) is 11.9. The van der Waals surface area contributed by atoms with Gasteiger partial charge in [-0.3, -0.25) is 0 Å². The van der Waals surface area contributed by atoms with Gasteiger partial charge in [-0.05, 0) is 30.9 Å². The fraction of sp³-hybridized carbons (Fsp3) is 0.353. The molecule has 2 aromatic rings. The van der Waals surface area contributed by atoms with E-state index in [4.69, 9.17) is 0 Å². The van der Waals surface area contributed by atoms with E-state index in [9.17, 15) is 4.79 Å². The topological polar surface area (TPSA) is 48.1 Å². The summed E-state index contributed by atoms with van der Waals surface area (Å²) in [6, 6.07) is 8.87. The minimum Gasteiger partial charge on any atom is -0.361 e. The minimum absolute atomic E-state index is 0.0896. The Balaban J connectivity index is 1.52. The molecule has 21 heavy (non-hydrogen) atoms. The molecule has 108 valence electrons. The Labute approximate surface area is 123 Å². The van der Waals surface area contributed by atoms with Gasteiger partial charge in [-0.1, -0.05) is 24.3 Å². The Kier molecular flexibility index (Phi) is 2.95. The fourth-order valence-corrected chi connectivity index (χ4v) is 2.93. The lowest BCUT2D eigenvalue weighted by Gasteiger charge is -2.26. The van der Waals surface area contributed by atoms with Gasteiger partial charge >= 0.3 is 6.03 Å². The summed E-state index contributed by atoms with van der Waals surface area (Å²) in [5, 5.41) is 4.32. The van der Waals surface area contributed by atoms with Crippen molar-refractivity contribution in [2.24, 2.45) is 0 Å². The van der Waals surface area contributed by atoms with Crippen molar-refractivity contribution >= 4 is 22.5 Å². The molecule has 0 radical (unpaired) electrons. The van der Waals surface area contributed by atoms with E-state index in [1.807, 2.05) is 11.0 Å². The second-order valence-electron chi connectivity index (χ2n) is 5.90. The second-order valence-corrected chi connectivity index (χ2v) is 5.90. The molecule has 1 aliphatic carbocycles. The normalized spacial score (nSPS) is 18.7. The Morgan fingerprint density at radius 2 is 2.14 bits per heavy atom. The van der Waals surface area contributed by atoms with Crippen LogP contribution in [-0.2, 0) is 0 Å². The van der Waals surface area contributed by atoms with E-state index in [0.29, 0.717) is 12.6 Å². The van der Waals surface area contributed by atoms with E-state index in [1.165, 1.54) is 22.0 Å². The van der Waals surface area contributed by atoms with Gasteiger partial charge in [0.15, 0.2) is 0 Å². The van der Waals surface area contributed by atoms with E-state index in [1.54, 1.807) is 0 Å². The Morgan fingerprint density at radius 1 is 1.29 bits per heavy atom. The highest BCUT2D eigenvalue weighted by Gasteiger charge is 2.26. The summed E-state index contributed by atoms with van der Waals surface area (Å²) in [5.74, 6) is 0. The number of hydrogen-bond donors (Lipinski definition) is 2. The lowest BCUT2D eigenvalue weighted by molar-refractivity contribution is 0.202. The molecule has 1 fully saturated rings. The van der Waals surface area contributed by atoms with Crippen molar-refractivity contribution in [3.05, 3.63) is 42.1 Å². The lowest BCUT2D eigenvalue weighted by atomic mass is 9.99. The van der Waals surface area contributed by atoms with Crippen LogP contribution in [0.3, 0.4) is 0 Å². The van der Waals surface area contributed by atoms with Crippen molar-refractivity contribution in [2.45, 2.75) is 25.3 Å². The van der Waals surface area contributed by atoms with Crippen LogP contribution in [0.15, 0.2) is 36.5 Å². The maximum absolute atomic E-state index is 12.0. The van der Waals surface area contributed by atoms with E-state index in [0.717, 1.165) is 25.8 Å². The lowest BCUT2D eigenvalue weighted by Crippen LogP contribution is -2.42. The van der Waals surface area contributed by atoms with Crippen LogP contribution >= 0.6 is 0 Å². The summed E-state index contributed by atoms with van der Waals surface area (Å²) in [4.78, 5) is 17.3. The Bertz CT molecular complexity index is 712. The van der Waals surface area contributed by atoms with Crippen molar-refractivity contribution in [2.75, 3.05) is 13.1 Å². The van der Waals surface area contributed by atoms with Crippen molar-refractivity contribution in [1.82, 2.24) is 15.2 Å². The largest absolute Gasteiger partial charge is 0.361 e. The summed E-state index contributed by atoms with van der Waals surface area (Å²) < 4.78 is 0. The van der Waals surface area contributed by atoms with Gasteiger partial charge in [0.2, 0.25) is 0 Å². The number of hydrogen-bond acceptors (Lipinski definition) is 1. The van der Waals surface area contributed by atoms with Gasteiger partial charge in [0.1, 0.15) is 0 Å². The SMILES string of the molecule is O=C(NC1CC1)N1CC=C(c2c[nH]c3ccccc23)CC1. The summed E-state index contributed by atoms with van der Waals surface area (Å²) >= 11 is 0. The number of rotatable bonds is 2.